The minimum atomic E-state index is -0.808. The summed E-state index contributed by atoms with van der Waals surface area (Å²) in [4.78, 5) is 19.4. The molecule has 0 N–H and O–H groups in total. The highest BCUT2D eigenvalue weighted by Gasteiger charge is 2.42. The average Bonchev–Trinajstić information content (AvgIpc) is 3.13. The zero-order valence-corrected chi connectivity index (χ0v) is 17.7. The first-order valence-corrected chi connectivity index (χ1v) is 10.6. The molecule has 0 aromatic heterocycles. The lowest BCUT2D eigenvalue weighted by molar-refractivity contribution is 0.0675. The van der Waals surface area contributed by atoms with Crippen LogP contribution in [0.3, 0.4) is 0 Å². The molecule has 2 fully saturated rings. The molecular weight excluding hydrogens is 384 g/mol. The largest absolute Gasteiger partial charge is 0.378 e. The van der Waals surface area contributed by atoms with Crippen molar-refractivity contribution in [2.24, 2.45) is 5.41 Å². The fraction of sp³-hybridized carbons (Fsp3) is 0.458. The normalized spacial score (nSPS) is 21.9. The van der Waals surface area contributed by atoms with E-state index in [1.165, 1.54) is 12.1 Å². The summed E-state index contributed by atoms with van der Waals surface area (Å²) < 4.78 is 26.8. The minimum absolute atomic E-state index is 0.0889. The van der Waals surface area contributed by atoms with Crippen LogP contribution in [0.1, 0.15) is 35.2 Å². The fourth-order valence-electron chi connectivity index (χ4n) is 4.88. The first-order valence-electron chi connectivity index (χ1n) is 10.6. The highest BCUT2D eigenvalue weighted by atomic mass is 19.2. The number of carbonyl (C=O) groups excluding carboxylic acids is 1. The molecule has 2 aromatic rings. The van der Waals surface area contributed by atoms with Gasteiger partial charge in [0, 0.05) is 56.9 Å². The molecule has 1 unspecified atom stereocenters. The summed E-state index contributed by atoms with van der Waals surface area (Å²) in [7, 11) is 3.94. The van der Waals surface area contributed by atoms with Crippen LogP contribution in [-0.2, 0) is 6.54 Å². The molecule has 0 saturated carbocycles. The van der Waals surface area contributed by atoms with Crippen LogP contribution >= 0.6 is 0 Å². The van der Waals surface area contributed by atoms with Crippen LogP contribution in [0.2, 0.25) is 0 Å². The van der Waals surface area contributed by atoms with Crippen molar-refractivity contribution in [1.29, 1.82) is 0 Å². The number of carbonyl (C=O) groups is 1. The number of nitrogens with zero attached hydrogens (tertiary/aromatic N) is 3. The van der Waals surface area contributed by atoms with Gasteiger partial charge in [-0.3, -0.25) is 9.69 Å². The molecule has 4 rings (SSSR count). The standard InChI is InChI=1S/C24H29F2N3O/c1-27(2)20-6-3-5-19(14-20)23(30)29-12-10-24(17-29)9-4-11-28(16-24)15-18-7-8-21(25)22(26)13-18/h3,5-8,13-14H,4,9-12,15-17H2,1-2H3. The third-order valence-corrected chi connectivity index (χ3v) is 6.47. The van der Waals surface area contributed by atoms with Crippen LogP contribution in [0.5, 0.6) is 0 Å². The van der Waals surface area contributed by atoms with Gasteiger partial charge in [-0.25, -0.2) is 8.78 Å². The van der Waals surface area contributed by atoms with Crippen molar-refractivity contribution in [3.8, 4) is 0 Å². The number of piperidine rings is 1. The van der Waals surface area contributed by atoms with Gasteiger partial charge in [-0.05, 0) is 61.7 Å². The molecule has 2 aliphatic heterocycles. The monoisotopic (exact) mass is 413 g/mol. The lowest BCUT2D eigenvalue weighted by atomic mass is 9.79. The molecule has 2 heterocycles. The van der Waals surface area contributed by atoms with Gasteiger partial charge < -0.3 is 9.80 Å². The van der Waals surface area contributed by atoms with E-state index >= 15 is 0 Å². The van der Waals surface area contributed by atoms with E-state index in [0.29, 0.717) is 6.54 Å². The van der Waals surface area contributed by atoms with E-state index in [1.54, 1.807) is 6.07 Å². The third kappa shape index (κ3) is 4.33. The summed E-state index contributed by atoms with van der Waals surface area (Å²) in [5.41, 5.74) is 2.63. The molecule has 1 amide bonds. The summed E-state index contributed by atoms with van der Waals surface area (Å²) in [6.45, 7) is 3.96. The predicted octanol–water partition coefficient (Wildman–Crippen LogP) is 4.16. The zero-order valence-electron chi connectivity index (χ0n) is 17.7. The molecule has 4 nitrogen and oxygen atoms in total. The number of halogens is 2. The highest BCUT2D eigenvalue weighted by molar-refractivity contribution is 5.95. The summed E-state index contributed by atoms with van der Waals surface area (Å²) in [6.07, 6.45) is 3.14. The third-order valence-electron chi connectivity index (χ3n) is 6.47. The smallest absolute Gasteiger partial charge is 0.253 e. The first kappa shape index (κ1) is 20.8. The van der Waals surface area contributed by atoms with Crippen molar-refractivity contribution in [2.45, 2.75) is 25.8 Å². The van der Waals surface area contributed by atoms with E-state index in [0.717, 1.165) is 62.3 Å². The Bertz CT molecular complexity index is 932. The number of rotatable bonds is 4. The summed E-state index contributed by atoms with van der Waals surface area (Å²) >= 11 is 0. The summed E-state index contributed by atoms with van der Waals surface area (Å²) in [5, 5.41) is 0. The number of hydrogen-bond acceptors (Lipinski definition) is 3. The van der Waals surface area contributed by atoms with E-state index < -0.39 is 11.6 Å². The predicted molar refractivity (Wildman–Crippen MR) is 115 cm³/mol. The Kier molecular flexibility index (Phi) is 5.78. The van der Waals surface area contributed by atoms with Crippen LogP contribution in [0.4, 0.5) is 14.5 Å². The molecule has 0 bridgehead atoms. The van der Waals surface area contributed by atoms with Crippen molar-refractivity contribution >= 4 is 11.6 Å². The van der Waals surface area contributed by atoms with Crippen molar-refractivity contribution in [3.63, 3.8) is 0 Å². The Hall–Kier alpha value is -2.47. The van der Waals surface area contributed by atoms with E-state index in [9.17, 15) is 13.6 Å². The van der Waals surface area contributed by atoms with Crippen LogP contribution in [0.15, 0.2) is 42.5 Å². The Labute approximate surface area is 177 Å². The van der Waals surface area contributed by atoms with Crippen molar-refractivity contribution in [1.82, 2.24) is 9.80 Å². The van der Waals surface area contributed by atoms with Gasteiger partial charge in [0.05, 0.1) is 0 Å². The topological polar surface area (TPSA) is 26.8 Å². The van der Waals surface area contributed by atoms with Crippen LogP contribution in [-0.4, -0.2) is 56.0 Å². The Morgan fingerprint density at radius 1 is 1.03 bits per heavy atom. The second kappa shape index (κ2) is 8.34. The molecule has 30 heavy (non-hydrogen) atoms. The van der Waals surface area contributed by atoms with Crippen molar-refractivity contribution < 1.29 is 13.6 Å². The van der Waals surface area contributed by atoms with Crippen LogP contribution < -0.4 is 4.90 Å². The van der Waals surface area contributed by atoms with Gasteiger partial charge in [0.1, 0.15) is 0 Å². The SMILES string of the molecule is CN(C)c1cccc(C(=O)N2CCC3(CCCN(Cc4ccc(F)c(F)c4)C3)C2)c1. The number of hydrogen-bond donors (Lipinski definition) is 0. The highest BCUT2D eigenvalue weighted by Crippen LogP contribution is 2.40. The van der Waals surface area contributed by atoms with Crippen molar-refractivity contribution in [3.05, 3.63) is 65.2 Å². The molecule has 160 valence electrons. The van der Waals surface area contributed by atoms with Gasteiger partial charge >= 0.3 is 0 Å². The Balaban J connectivity index is 1.42. The summed E-state index contributed by atoms with van der Waals surface area (Å²) in [5.74, 6) is -1.51. The lowest BCUT2D eigenvalue weighted by Gasteiger charge is -2.40. The van der Waals surface area contributed by atoms with E-state index in [1.807, 2.05) is 48.2 Å². The second-order valence-electron chi connectivity index (χ2n) is 8.98. The molecule has 0 aliphatic carbocycles. The van der Waals surface area contributed by atoms with E-state index in [2.05, 4.69) is 4.90 Å². The van der Waals surface area contributed by atoms with E-state index in [-0.39, 0.29) is 11.3 Å². The molecule has 6 heteroatoms. The molecule has 1 spiro atoms. The maximum absolute atomic E-state index is 13.6. The fourth-order valence-corrected chi connectivity index (χ4v) is 4.88. The number of anilines is 1. The van der Waals surface area contributed by atoms with Gasteiger partial charge in [0.2, 0.25) is 0 Å². The van der Waals surface area contributed by atoms with Gasteiger partial charge in [-0.1, -0.05) is 12.1 Å². The molecule has 2 saturated heterocycles. The summed E-state index contributed by atoms with van der Waals surface area (Å²) in [6, 6.07) is 11.9. The molecule has 2 aromatic carbocycles. The number of amides is 1. The van der Waals surface area contributed by atoms with Crippen LogP contribution in [0, 0.1) is 17.0 Å². The Morgan fingerprint density at radius 3 is 2.63 bits per heavy atom. The van der Waals surface area contributed by atoms with Gasteiger partial charge in [0.25, 0.3) is 5.91 Å². The quantitative estimate of drug-likeness (QED) is 0.753. The number of benzene rings is 2. The molecule has 2 aliphatic rings. The zero-order chi connectivity index (χ0) is 21.3. The van der Waals surface area contributed by atoms with Gasteiger partial charge in [0.15, 0.2) is 11.6 Å². The second-order valence-corrected chi connectivity index (χ2v) is 8.98. The minimum Gasteiger partial charge on any atom is -0.378 e. The van der Waals surface area contributed by atoms with Crippen LogP contribution in [0.25, 0.3) is 0 Å². The number of likely N-dealkylation sites (tertiary alicyclic amines) is 2. The Morgan fingerprint density at radius 2 is 1.87 bits per heavy atom. The molecule has 0 radical (unpaired) electrons. The maximum Gasteiger partial charge on any atom is 0.253 e. The average molecular weight is 414 g/mol. The van der Waals surface area contributed by atoms with Gasteiger partial charge in [-0.15, -0.1) is 0 Å². The van der Waals surface area contributed by atoms with Crippen molar-refractivity contribution in [2.75, 3.05) is 45.2 Å². The molecular formula is C24H29F2N3O. The van der Waals surface area contributed by atoms with E-state index in [4.69, 9.17) is 0 Å². The first-order chi connectivity index (χ1) is 14.3. The lowest BCUT2D eigenvalue weighted by Crippen LogP contribution is -2.45. The van der Waals surface area contributed by atoms with Gasteiger partial charge in [-0.2, -0.15) is 0 Å². The molecule has 1 atom stereocenters. The maximum atomic E-state index is 13.6.